The second kappa shape index (κ2) is 4.72. The first kappa shape index (κ1) is 11.4. The Morgan fingerprint density at radius 3 is 2.71 bits per heavy atom. The first-order chi connectivity index (χ1) is 6.56. The fourth-order valence-electron chi connectivity index (χ4n) is 0.993. The van der Waals surface area contributed by atoms with E-state index in [0.29, 0.717) is 15.7 Å². The van der Waals surface area contributed by atoms with Crippen molar-refractivity contribution in [2.45, 2.75) is 6.92 Å². The number of nitrogens with zero attached hydrogens (tertiary/aromatic N) is 1. The van der Waals surface area contributed by atoms with E-state index < -0.39 is 0 Å². The van der Waals surface area contributed by atoms with Crippen molar-refractivity contribution in [3.63, 3.8) is 0 Å². The Morgan fingerprint density at radius 2 is 2.21 bits per heavy atom. The standard InChI is InChI=1S/C10H11FINO/c1-3-13(2)10(14)7-4-5-9(12)8(11)6-7/h4-6H,3H2,1-2H3. The Kier molecular flexibility index (Phi) is 3.86. The molecule has 1 rings (SSSR count). The summed E-state index contributed by atoms with van der Waals surface area (Å²) < 4.78 is 13.7. The summed E-state index contributed by atoms with van der Waals surface area (Å²) in [5.74, 6) is -0.497. The molecule has 76 valence electrons. The molecule has 1 aromatic rings. The van der Waals surface area contributed by atoms with Crippen LogP contribution in [0.25, 0.3) is 0 Å². The van der Waals surface area contributed by atoms with E-state index in [0.717, 1.165) is 0 Å². The van der Waals surface area contributed by atoms with E-state index in [4.69, 9.17) is 0 Å². The van der Waals surface area contributed by atoms with Gasteiger partial charge in [0.15, 0.2) is 0 Å². The van der Waals surface area contributed by atoms with Crippen molar-refractivity contribution in [2.75, 3.05) is 13.6 Å². The van der Waals surface area contributed by atoms with Gasteiger partial charge in [-0.2, -0.15) is 0 Å². The molecule has 1 aromatic carbocycles. The van der Waals surface area contributed by atoms with Crippen LogP contribution in [0.2, 0.25) is 0 Å². The van der Waals surface area contributed by atoms with Gasteiger partial charge in [-0.05, 0) is 47.7 Å². The van der Waals surface area contributed by atoms with Gasteiger partial charge in [-0.15, -0.1) is 0 Å². The van der Waals surface area contributed by atoms with Crippen LogP contribution in [-0.4, -0.2) is 24.4 Å². The lowest BCUT2D eigenvalue weighted by Gasteiger charge is -2.14. The predicted octanol–water partition coefficient (Wildman–Crippen LogP) is 2.52. The van der Waals surface area contributed by atoms with Crippen LogP contribution in [0.3, 0.4) is 0 Å². The molecule has 0 saturated carbocycles. The Labute approximate surface area is 96.2 Å². The molecule has 0 unspecified atom stereocenters. The normalized spacial score (nSPS) is 10.0. The van der Waals surface area contributed by atoms with Crippen molar-refractivity contribution in [2.24, 2.45) is 0 Å². The summed E-state index contributed by atoms with van der Waals surface area (Å²) in [6.07, 6.45) is 0. The van der Waals surface area contributed by atoms with Crippen LogP contribution in [0.5, 0.6) is 0 Å². The van der Waals surface area contributed by atoms with Gasteiger partial charge in [0.2, 0.25) is 0 Å². The summed E-state index contributed by atoms with van der Waals surface area (Å²) in [5.41, 5.74) is 0.396. The van der Waals surface area contributed by atoms with Gasteiger partial charge >= 0.3 is 0 Å². The molecule has 4 heteroatoms. The van der Waals surface area contributed by atoms with Crippen molar-refractivity contribution in [3.05, 3.63) is 33.1 Å². The number of rotatable bonds is 2. The third-order valence-electron chi connectivity index (χ3n) is 1.99. The van der Waals surface area contributed by atoms with Crippen LogP contribution in [0.1, 0.15) is 17.3 Å². The smallest absolute Gasteiger partial charge is 0.253 e. The fourth-order valence-corrected chi connectivity index (χ4v) is 1.33. The van der Waals surface area contributed by atoms with Gasteiger partial charge in [0.25, 0.3) is 5.91 Å². The maximum atomic E-state index is 13.1. The number of carbonyl (C=O) groups excluding carboxylic acids is 1. The molecule has 14 heavy (non-hydrogen) atoms. The van der Waals surface area contributed by atoms with E-state index in [1.54, 1.807) is 24.1 Å². The third-order valence-corrected chi connectivity index (χ3v) is 2.86. The number of carbonyl (C=O) groups is 1. The van der Waals surface area contributed by atoms with E-state index in [9.17, 15) is 9.18 Å². The molecule has 0 aliphatic heterocycles. The zero-order valence-electron chi connectivity index (χ0n) is 8.05. The largest absolute Gasteiger partial charge is 0.342 e. The quantitative estimate of drug-likeness (QED) is 0.769. The Morgan fingerprint density at radius 1 is 1.57 bits per heavy atom. The number of amides is 1. The Hall–Kier alpha value is -0.650. The summed E-state index contributed by atoms with van der Waals surface area (Å²) in [4.78, 5) is 13.1. The molecule has 0 heterocycles. The third kappa shape index (κ3) is 2.43. The lowest BCUT2D eigenvalue weighted by molar-refractivity contribution is 0.0802. The molecule has 0 radical (unpaired) electrons. The number of hydrogen-bond donors (Lipinski definition) is 0. The van der Waals surface area contributed by atoms with Crippen LogP contribution in [0.4, 0.5) is 4.39 Å². The van der Waals surface area contributed by atoms with Crippen LogP contribution >= 0.6 is 22.6 Å². The van der Waals surface area contributed by atoms with E-state index in [1.165, 1.54) is 6.07 Å². The zero-order valence-corrected chi connectivity index (χ0v) is 10.2. The Balaban J connectivity index is 2.97. The minimum absolute atomic E-state index is 0.150. The molecule has 0 aromatic heterocycles. The average Bonchev–Trinajstić information content (AvgIpc) is 2.20. The van der Waals surface area contributed by atoms with E-state index >= 15 is 0 Å². The zero-order chi connectivity index (χ0) is 10.7. The maximum absolute atomic E-state index is 13.1. The van der Waals surface area contributed by atoms with Crippen molar-refractivity contribution in [1.82, 2.24) is 4.90 Å². The Bertz CT molecular complexity index is 354. The van der Waals surface area contributed by atoms with Crippen molar-refractivity contribution in [3.8, 4) is 0 Å². The van der Waals surface area contributed by atoms with Gasteiger partial charge in [0.1, 0.15) is 5.82 Å². The molecular formula is C10H11FINO. The number of hydrogen-bond acceptors (Lipinski definition) is 1. The molecule has 1 amide bonds. The summed E-state index contributed by atoms with van der Waals surface area (Å²) in [6.45, 7) is 2.49. The van der Waals surface area contributed by atoms with Gasteiger partial charge in [-0.1, -0.05) is 0 Å². The van der Waals surface area contributed by atoms with Crippen LogP contribution in [0, 0.1) is 9.39 Å². The molecule has 0 atom stereocenters. The molecular weight excluding hydrogens is 296 g/mol. The average molecular weight is 307 g/mol. The first-order valence-electron chi connectivity index (χ1n) is 4.26. The lowest BCUT2D eigenvalue weighted by Crippen LogP contribution is -2.26. The topological polar surface area (TPSA) is 20.3 Å². The number of halogens is 2. The second-order valence-electron chi connectivity index (χ2n) is 2.95. The second-order valence-corrected chi connectivity index (χ2v) is 4.11. The van der Waals surface area contributed by atoms with E-state index in [-0.39, 0.29) is 11.7 Å². The maximum Gasteiger partial charge on any atom is 0.253 e. The summed E-state index contributed by atoms with van der Waals surface area (Å²) in [5, 5.41) is 0. The van der Waals surface area contributed by atoms with E-state index in [1.807, 2.05) is 29.5 Å². The fraction of sp³-hybridized carbons (Fsp3) is 0.300. The van der Waals surface area contributed by atoms with Crippen LogP contribution in [0.15, 0.2) is 18.2 Å². The molecule has 0 fully saturated rings. The summed E-state index contributed by atoms with van der Waals surface area (Å²) >= 11 is 1.89. The molecule has 0 spiro atoms. The van der Waals surface area contributed by atoms with Crippen LogP contribution in [-0.2, 0) is 0 Å². The molecule has 0 aliphatic rings. The lowest BCUT2D eigenvalue weighted by atomic mass is 10.2. The first-order valence-corrected chi connectivity index (χ1v) is 5.34. The summed E-state index contributed by atoms with van der Waals surface area (Å²) in [7, 11) is 1.69. The highest BCUT2D eigenvalue weighted by Gasteiger charge is 2.11. The van der Waals surface area contributed by atoms with Crippen LogP contribution < -0.4 is 0 Å². The minimum atomic E-state index is -0.346. The highest BCUT2D eigenvalue weighted by Crippen LogP contribution is 2.13. The monoisotopic (exact) mass is 307 g/mol. The van der Waals surface area contributed by atoms with Gasteiger partial charge in [0, 0.05) is 22.7 Å². The van der Waals surface area contributed by atoms with E-state index in [2.05, 4.69) is 0 Å². The summed E-state index contributed by atoms with van der Waals surface area (Å²) in [6, 6.07) is 4.52. The molecule has 0 N–H and O–H groups in total. The SMILES string of the molecule is CCN(C)C(=O)c1ccc(I)c(F)c1. The van der Waals surface area contributed by atoms with Gasteiger partial charge in [0.05, 0.1) is 0 Å². The van der Waals surface area contributed by atoms with Crippen molar-refractivity contribution < 1.29 is 9.18 Å². The minimum Gasteiger partial charge on any atom is -0.342 e. The highest BCUT2D eigenvalue weighted by molar-refractivity contribution is 14.1. The van der Waals surface area contributed by atoms with Crippen molar-refractivity contribution in [1.29, 1.82) is 0 Å². The van der Waals surface area contributed by atoms with Crippen molar-refractivity contribution >= 4 is 28.5 Å². The predicted molar refractivity (Wildman–Crippen MR) is 61.8 cm³/mol. The van der Waals surface area contributed by atoms with Gasteiger partial charge in [-0.25, -0.2) is 4.39 Å². The van der Waals surface area contributed by atoms with Gasteiger partial charge in [-0.3, -0.25) is 4.79 Å². The molecule has 0 saturated heterocycles. The molecule has 0 bridgehead atoms. The van der Waals surface area contributed by atoms with Gasteiger partial charge < -0.3 is 4.90 Å². The number of benzene rings is 1. The molecule has 2 nitrogen and oxygen atoms in total. The highest BCUT2D eigenvalue weighted by atomic mass is 127. The molecule has 0 aliphatic carbocycles.